The van der Waals surface area contributed by atoms with E-state index in [4.69, 9.17) is 28.2 Å². The Morgan fingerprint density at radius 1 is 1.00 bits per heavy atom. The molecule has 0 spiro atoms. The molecule has 2 amide bonds. The van der Waals surface area contributed by atoms with Crippen LogP contribution in [0.5, 0.6) is 0 Å². The van der Waals surface area contributed by atoms with Gasteiger partial charge in [0.25, 0.3) is 0 Å². The highest BCUT2D eigenvalue weighted by Gasteiger charge is 2.33. The minimum absolute atomic E-state index is 0.297. The summed E-state index contributed by atoms with van der Waals surface area (Å²) in [6.45, 7) is 3.28. The summed E-state index contributed by atoms with van der Waals surface area (Å²) in [4.78, 5) is 21.8. The molecule has 2 N–H and O–H groups in total. The highest BCUT2D eigenvalue weighted by molar-refractivity contribution is 6.39. The van der Waals surface area contributed by atoms with Gasteiger partial charge in [0.1, 0.15) is 0 Å². The van der Waals surface area contributed by atoms with Gasteiger partial charge in [0.15, 0.2) is 6.19 Å². The van der Waals surface area contributed by atoms with Gasteiger partial charge in [-0.15, -0.1) is 0 Å². The summed E-state index contributed by atoms with van der Waals surface area (Å²) in [7, 11) is 0. The van der Waals surface area contributed by atoms with Crippen LogP contribution in [0.25, 0.3) is 0 Å². The minimum Gasteiger partial charge on any atom is -0.338 e. The first-order chi connectivity index (χ1) is 17.0. The van der Waals surface area contributed by atoms with Crippen LogP contribution in [0.3, 0.4) is 0 Å². The molecule has 1 aliphatic rings. The van der Waals surface area contributed by atoms with Crippen molar-refractivity contribution in [3.63, 3.8) is 0 Å². The van der Waals surface area contributed by atoms with E-state index in [9.17, 15) is 10.1 Å². The molecule has 35 heavy (non-hydrogen) atoms. The molecule has 0 aromatic heterocycles. The zero-order valence-electron chi connectivity index (χ0n) is 19.1. The van der Waals surface area contributed by atoms with Gasteiger partial charge in [0, 0.05) is 19.6 Å². The topological polar surface area (TPSA) is 83.8 Å². The van der Waals surface area contributed by atoms with E-state index in [-0.39, 0.29) is 12.1 Å². The lowest BCUT2D eigenvalue weighted by Crippen LogP contribution is -2.55. The summed E-state index contributed by atoms with van der Waals surface area (Å²) in [5.74, 6) is 0.442. The fourth-order valence-corrected chi connectivity index (χ4v) is 4.50. The molecule has 1 aliphatic heterocycles. The molecule has 4 rings (SSSR count). The quantitative estimate of drug-likeness (QED) is 0.199. The number of aliphatic imine (C=N–C) groups is 1. The van der Waals surface area contributed by atoms with E-state index in [0.29, 0.717) is 41.3 Å². The molecule has 1 atom stereocenters. The van der Waals surface area contributed by atoms with Crippen LogP contribution in [0.1, 0.15) is 17.2 Å². The summed E-state index contributed by atoms with van der Waals surface area (Å²) >= 11 is 12.5. The number of guanidine groups is 1. The molecule has 1 fully saturated rings. The summed E-state index contributed by atoms with van der Waals surface area (Å²) in [5.41, 5.74) is 3.11. The molecule has 178 valence electrons. The first-order valence-corrected chi connectivity index (χ1v) is 11.8. The second kappa shape index (κ2) is 11.1. The van der Waals surface area contributed by atoms with Gasteiger partial charge in [-0.2, -0.15) is 5.26 Å². The number of hydrogen-bond acceptors (Lipinski definition) is 3. The molecule has 0 saturated carbocycles. The zero-order chi connectivity index (χ0) is 24.8. The van der Waals surface area contributed by atoms with Gasteiger partial charge in [0.05, 0.1) is 27.5 Å². The highest BCUT2D eigenvalue weighted by atomic mass is 35.5. The Morgan fingerprint density at radius 2 is 1.69 bits per heavy atom. The molecule has 7 nitrogen and oxygen atoms in total. The monoisotopic (exact) mass is 506 g/mol. The number of carbonyl (C=O) groups is 1. The Hall–Kier alpha value is -3.73. The Morgan fingerprint density at radius 3 is 2.37 bits per heavy atom. The maximum Gasteiger partial charge on any atom is 0.322 e. The van der Waals surface area contributed by atoms with Gasteiger partial charge in [-0.25, -0.2) is 9.79 Å². The Labute approximate surface area is 214 Å². The Balaban J connectivity index is 1.63. The fourth-order valence-electron chi connectivity index (χ4n) is 4.01. The van der Waals surface area contributed by atoms with Crippen molar-refractivity contribution in [1.82, 2.24) is 15.1 Å². The minimum atomic E-state index is -0.306. The number of piperazine rings is 1. The molecular weight excluding hydrogens is 483 g/mol. The first kappa shape index (κ1) is 24.4. The van der Waals surface area contributed by atoms with Gasteiger partial charge in [-0.05, 0) is 36.2 Å². The normalized spacial score (nSPS) is 15.9. The van der Waals surface area contributed by atoms with Gasteiger partial charge in [-0.3, -0.25) is 5.32 Å². The molecule has 3 aromatic rings. The summed E-state index contributed by atoms with van der Waals surface area (Å²) in [6.07, 6.45) is 1.99. The van der Waals surface area contributed by atoms with Crippen LogP contribution in [-0.2, 0) is 0 Å². The average molecular weight is 507 g/mol. The third kappa shape index (κ3) is 5.68. The van der Waals surface area contributed by atoms with Crippen molar-refractivity contribution >= 4 is 46.6 Å². The van der Waals surface area contributed by atoms with Crippen LogP contribution in [0.2, 0.25) is 10.0 Å². The number of nitrogens with one attached hydrogen (secondary N) is 2. The molecule has 0 bridgehead atoms. The molecule has 1 heterocycles. The predicted molar refractivity (Wildman–Crippen MR) is 140 cm³/mol. The van der Waals surface area contributed by atoms with Crippen molar-refractivity contribution in [2.75, 3.05) is 25.0 Å². The fraction of sp³-hybridized carbons (Fsp3) is 0.192. The lowest BCUT2D eigenvalue weighted by Gasteiger charge is -2.42. The lowest BCUT2D eigenvalue weighted by molar-refractivity contribution is 0.135. The number of nitrogens with zero attached hydrogens (tertiary/aromatic N) is 4. The van der Waals surface area contributed by atoms with Gasteiger partial charge >= 0.3 is 6.03 Å². The first-order valence-electron chi connectivity index (χ1n) is 11.1. The van der Waals surface area contributed by atoms with Crippen LogP contribution >= 0.6 is 23.2 Å². The van der Waals surface area contributed by atoms with Crippen molar-refractivity contribution < 1.29 is 4.79 Å². The number of amides is 2. The van der Waals surface area contributed by atoms with Crippen molar-refractivity contribution in [1.29, 1.82) is 5.26 Å². The van der Waals surface area contributed by atoms with Gasteiger partial charge in [0.2, 0.25) is 5.96 Å². The van der Waals surface area contributed by atoms with E-state index in [0.717, 1.165) is 16.8 Å². The summed E-state index contributed by atoms with van der Waals surface area (Å²) in [6, 6.07) is 22.0. The Kier molecular flexibility index (Phi) is 7.76. The summed E-state index contributed by atoms with van der Waals surface area (Å²) in [5, 5.41) is 15.7. The Bertz CT molecular complexity index is 1250. The standard InChI is InChI=1S/C26H24Cl2N6O/c1-18-8-5-6-13-22(18)31-25(30-17-29)33-14-15-34(23(16-33)19-9-3-2-4-10-19)26(35)32-24-20(27)11-7-12-21(24)28/h2-13,23H,14-16H2,1H3,(H,30,31)(H,32,35). The third-order valence-corrected chi connectivity index (χ3v) is 6.46. The second-order valence-corrected chi connectivity index (χ2v) is 8.87. The van der Waals surface area contributed by atoms with E-state index < -0.39 is 0 Å². The number of benzene rings is 3. The predicted octanol–water partition coefficient (Wildman–Crippen LogP) is 5.95. The number of carbonyl (C=O) groups excluding carboxylic acids is 1. The molecule has 0 radical (unpaired) electrons. The van der Waals surface area contributed by atoms with Crippen LogP contribution in [0.4, 0.5) is 16.2 Å². The zero-order valence-corrected chi connectivity index (χ0v) is 20.6. The maximum atomic E-state index is 13.4. The molecule has 9 heteroatoms. The van der Waals surface area contributed by atoms with Crippen LogP contribution in [-0.4, -0.2) is 41.4 Å². The van der Waals surface area contributed by atoms with Crippen LogP contribution in [0.15, 0.2) is 77.8 Å². The van der Waals surface area contributed by atoms with E-state index in [2.05, 4.69) is 10.6 Å². The third-order valence-electron chi connectivity index (χ3n) is 5.83. The second-order valence-electron chi connectivity index (χ2n) is 8.05. The van der Waals surface area contributed by atoms with Crippen LogP contribution < -0.4 is 10.6 Å². The average Bonchev–Trinajstić information content (AvgIpc) is 2.87. The van der Waals surface area contributed by atoms with Gasteiger partial charge in [-0.1, -0.05) is 77.8 Å². The van der Waals surface area contributed by atoms with E-state index in [1.54, 1.807) is 23.1 Å². The molecule has 1 unspecified atom stereocenters. The van der Waals surface area contributed by atoms with Crippen LogP contribution in [0, 0.1) is 18.4 Å². The van der Waals surface area contributed by atoms with E-state index in [1.165, 1.54) is 0 Å². The molecule has 0 aliphatic carbocycles. The molecular formula is C26H24Cl2N6O. The number of urea groups is 1. The molecule has 1 saturated heterocycles. The number of rotatable bonds is 3. The molecule has 3 aromatic carbocycles. The number of aryl methyl sites for hydroxylation is 1. The maximum absolute atomic E-state index is 13.4. The number of hydrogen-bond donors (Lipinski definition) is 2. The summed E-state index contributed by atoms with van der Waals surface area (Å²) < 4.78 is 0. The van der Waals surface area contributed by atoms with Crippen molar-refractivity contribution in [3.8, 4) is 6.19 Å². The smallest absolute Gasteiger partial charge is 0.322 e. The largest absolute Gasteiger partial charge is 0.338 e. The van der Waals surface area contributed by atoms with E-state index >= 15 is 0 Å². The highest BCUT2D eigenvalue weighted by Crippen LogP contribution is 2.32. The van der Waals surface area contributed by atoms with Crippen molar-refractivity contribution in [2.45, 2.75) is 13.0 Å². The van der Waals surface area contributed by atoms with E-state index in [1.807, 2.05) is 72.6 Å². The number of halogens is 2. The van der Waals surface area contributed by atoms with Gasteiger partial charge < -0.3 is 15.1 Å². The number of para-hydroxylation sites is 2. The lowest BCUT2D eigenvalue weighted by atomic mass is 10.0. The van der Waals surface area contributed by atoms with Crippen molar-refractivity contribution in [3.05, 3.63) is 94.0 Å². The van der Waals surface area contributed by atoms with Crippen molar-refractivity contribution in [2.24, 2.45) is 4.99 Å². The number of anilines is 1. The SMILES string of the molecule is Cc1ccccc1N=C(NC#N)N1CCN(C(=O)Nc2c(Cl)cccc2Cl)C(c2ccccc2)C1. The number of nitriles is 1.